The van der Waals surface area contributed by atoms with Crippen molar-refractivity contribution >= 4 is 11.8 Å². The molecule has 0 amide bonds. The summed E-state index contributed by atoms with van der Waals surface area (Å²) in [6, 6.07) is 0. The Labute approximate surface area is 139 Å². The molecule has 0 bridgehead atoms. The van der Waals surface area contributed by atoms with Crippen molar-refractivity contribution in [3.8, 4) is 0 Å². The van der Waals surface area contributed by atoms with E-state index >= 15 is 0 Å². The van der Waals surface area contributed by atoms with Crippen molar-refractivity contribution < 1.29 is 14.3 Å². The Kier molecular flexibility index (Phi) is 4.41. The summed E-state index contributed by atoms with van der Waals surface area (Å²) < 4.78 is 5.85. The second-order valence-corrected chi connectivity index (χ2v) is 8.66. The molecule has 3 heteroatoms. The van der Waals surface area contributed by atoms with Gasteiger partial charge in [0, 0.05) is 24.3 Å². The van der Waals surface area contributed by atoms with Gasteiger partial charge in [-0.05, 0) is 56.3 Å². The zero-order valence-electron chi connectivity index (χ0n) is 15.0. The van der Waals surface area contributed by atoms with Crippen LogP contribution in [-0.4, -0.2) is 17.9 Å². The van der Waals surface area contributed by atoms with Gasteiger partial charge in [0.2, 0.25) is 0 Å². The summed E-state index contributed by atoms with van der Waals surface area (Å²) in [6.45, 7) is 8.64. The van der Waals surface area contributed by atoms with E-state index in [4.69, 9.17) is 4.74 Å². The molecule has 1 heterocycles. The average Bonchev–Trinajstić information content (AvgIpc) is 2.80. The van der Waals surface area contributed by atoms with E-state index in [0.717, 1.165) is 37.7 Å². The quantitative estimate of drug-likeness (QED) is 0.620. The lowest BCUT2D eigenvalue weighted by Crippen LogP contribution is -2.41. The van der Waals surface area contributed by atoms with Gasteiger partial charge < -0.3 is 4.74 Å². The highest BCUT2D eigenvalue weighted by molar-refractivity contribution is 5.90. The number of hydrogen-bond donors (Lipinski definition) is 0. The van der Waals surface area contributed by atoms with E-state index in [2.05, 4.69) is 20.8 Å². The second kappa shape index (κ2) is 6.07. The number of carbonyl (C=O) groups excluding carboxylic acids is 2. The molecule has 3 rings (SSSR count). The van der Waals surface area contributed by atoms with Crippen LogP contribution < -0.4 is 0 Å². The summed E-state index contributed by atoms with van der Waals surface area (Å²) in [4.78, 5) is 24.5. The summed E-state index contributed by atoms with van der Waals surface area (Å²) >= 11 is 0. The van der Waals surface area contributed by atoms with Gasteiger partial charge in [0.05, 0.1) is 0 Å². The van der Waals surface area contributed by atoms with Gasteiger partial charge in [0.15, 0.2) is 0 Å². The monoisotopic (exact) mass is 318 g/mol. The second-order valence-electron chi connectivity index (χ2n) is 8.66. The lowest BCUT2D eigenvalue weighted by Gasteiger charge is -2.41. The normalized spacial score (nSPS) is 42.1. The number of carbonyl (C=O) groups is 2. The largest absolute Gasteiger partial charge is 0.458 e. The predicted octanol–water partition coefficient (Wildman–Crippen LogP) is 4.45. The first kappa shape index (κ1) is 16.7. The summed E-state index contributed by atoms with van der Waals surface area (Å²) in [5.41, 5.74) is 2.41. The number of rotatable bonds is 0. The Balaban J connectivity index is 1.96. The molecule has 0 radical (unpaired) electrons. The lowest BCUT2D eigenvalue weighted by molar-refractivity contribution is -0.152. The maximum atomic E-state index is 12.2. The minimum Gasteiger partial charge on any atom is -0.458 e. The predicted molar refractivity (Wildman–Crippen MR) is 89.8 cm³/mol. The Bertz CT molecular complexity index is 547. The van der Waals surface area contributed by atoms with Gasteiger partial charge in [0.1, 0.15) is 11.9 Å². The molecule has 0 aromatic heterocycles. The third-order valence-corrected chi connectivity index (χ3v) is 6.50. The van der Waals surface area contributed by atoms with Crippen LogP contribution in [0.1, 0.15) is 72.6 Å². The molecule has 0 saturated heterocycles. The van der Waals surface area contributed by atoms with Crippen LogP contribution in [0.15, 0.2) is 11.1 Å². The maximum Gasteiger partial charge on any atom is 0.333 e. The van der Waals surface area contributed by atoms with Crippen LogP contribution in [0.4, 0.5) is 0 Å². The summed E-state index contributed by atoms with van der Waals surface area (Å²) in [5.74, 6) is 1.35. The van der Waals surface area contributed by atoms with Gasteiger partial charge >= 0.3 is 5.97 Å². The van der Waals surface area contributed by atoms with Gasteiger partial charge in [-0.15, -0.1) is 0 Å². The number of esters is 1. The molecule has 0 unspecified atom stereocenters. The van der Waals surface area contributed by atoms with Crippen molar-refractivity contribution in [2.24, 2.45) is 23.2 Å². The van der Waals surface area contributed by atoms with Gasteiger partial charge in [0.25, 0.3) is 0 Å². The zero-order valence-corrected chi connectivity index (χ0v) is 15.0. The van der Waals surface area contributed by atoms with Crippen molar-refractivity contribution in [1.29, 1.82) is 0 Å². The van der Waals surface area contributed by atoms with Crippen LogP contribution in [-0.2, 0) is 14.3 Å². The topological polar surface area (TPSA) is 43.4 Å². The first-order chi connectivity index (χ1) is 10.8. The van der Waals surface area contributed by atoms with E-state index in [1.807, 2.05) is 6.92 Å². The third kappa shape index (κ3) is 3.12. The summed E-state index contributed by atoms with van der Waals surface area (Å²) in [6.07, 6.45) is 6.53. The Morgan fingerprint density at radius 3 is 2.52 bits per heavy atom. The highest BCUT2D eigenvalue weighted by Gasteiger charge is 2.51. The first-order valence-corrected chi connectivity index (χ1v) is 9.22. The fourth-order valence-corrected chi connectivity index (χ4v) is 5.15. The van der Waals surface area contributed by atoms with E-state index in [1.165, 1.54) is 5.57 Å². The Morgan fingerprint density at radius 2 is 1.78 bits per heavy atom. The van der Waals surface area contributed by atoms with E-state index in [-0.39, 0.29) is 23.4 Å². The SMILES string of the molecule is CC1=C2CC[C@@]3(C)CC[C@@H](C)CC(=O)C[C@H](C)C[C@H](OC1=O)[C@H]23. The molecule has 3 nitrogen and oxygen atoms in total. The van der Waals surface area contributed by atoms with Crippen LogP contribution in [0.25, 0.3) is 0 Å². The number of hydrogen-bond acceptors (Lipinski definition) is 3. The van der Waals surface area contributed by atoms with Crippen molar-refractivity contribution in [2.75, 3.05) is 0 Å². The van der Waals surface area contributed by atoms with Crippen molar-refractivity contribution in [1.82, 2.24) is 0 Å². The van der Waals surface area contributed by atoms with E-state index in [1.54, 1.807) is 0 Å². The standard InChI is InChI=1S/C20H30O3/c1-12-5-7-20(4)8-6-16-14(3)19(22)23-17(18(16)20)11-13(2)10-15(21)9-12/h12-13,17-18H,5-11H2,1-4H3/t12-,13+,17+,18+,20-/m1/s1. The molecular weight excluding hydrogens is 288 g/mol. The Hall–Kier alpha value is -1.12. The number of Topliss-reactive ketones (excluding diaryl/α,β-unsaturated/α-hetero) is 1. The van der Waals surface area contributed by atoms with Crippen LogP contribution in [0.2, 0.25) is 0 Å². The molecule has 5 atom stereocenters. The fourth-order valence-electron chi connectivity index (χ4n) is 5.15. The van der Waals surface area contributed by atoms with Crippen LogP contribution >= 0.6 is 0 Å². The van der Waals surface area contributed by atoms with Crippen LogP contribution in [0.3, 0.4) is 0 Å². The van der Waals surface area contributed by atoms with Gasteiger partial charge in [-0.1, -0.05) is 26.3 Å². The highest BCUT2D eigenvalue weighted by atomic mass is 16.5. The summed E-state index contributed by atoms with van der Waals surface area (Å²) in [5, 5.41) is 0. The van der Waals surface area contributed by atoms with Crippen LogP contribution in [0, 0.1) is 23.2 Å². The first-order valence-electron chi connectivity index (χ1n) is 9.22. The molecular formula is C20H30O3. The van der Waals surface area contributed by atoms with Gasteiger partial charge in [-0.2, -0.15) is 0 Å². The molecule has 0 spiro atoms. The molecule has 23 heavy (non-hydrogen) atoms. The minimum atomic E-state index is -0.132. The van der Waals surface area contributed by atoms with E-state index in [9.17, 15) is 9.59 Å². The average molecular weight is 318 g/mol. The number of ketones is 1. The molecule has 0 aromatic rings. The smallest absolute Gasteiger partial charge is 0.333 e. The molecule has 2 fully saturated rings. The lowest BCUT2D eigenvalue weighted by atomic mass is 9.69. The number of ether oxygens (including phenoxy) is 1. The Morgan fingerprint density at radius 1 is 1.09 bits per heavy atom. The molecule has 3 aliphatic rings. The van der Waals surface area contributed by atoms with E-state index < -0.39 is 0 Å². The molecule has 0 aromatic carbocycles. The molecule has 1 aliphatic heterocycles. The third-order valence-electron chi connectivity index (χ3n) is 6.50. The van der Waals surface area contributed by atoms with E-state index in [0.29, 0.717) is 30.5 Å². The molecule has 2 aliphatic carbocycles. The molecule has 2 saturated carbocycles. The van der Waals surface area contributed by atoms with Gasteiger partial charge in [-0.25, -0.2) is 4.79 Å². The zero-order chi connectivity index (χ0) is 16.8. The van der Waals surface area contributed by atoms with Crippen molar-refractivity contribution in [3.05, 3.63) is 11.1 Å². The highest BCUT2D eigenvalue weighted by Crippen LogP contribution is 2.55. The van der Waals surface area contributed by atoms with Crippen molar-refractivity contribution in [2.45, 2.75) is 78.7 Å². The molecule has 0 N–H and O–H groups in total. The van der Waals surface area contributed by atoms with Crippen molar-refractivity contribution in [3.63, 3.8) is 0 Å². The maximum absolute atomic E-state index is 12.2. The van der Waals surface area contributed by atoms with Gasteiger partial charge in [-0.3, -0.25) is 4.79 Å². The minimum absolute atomic E-state index is 0.0371. The van der Waals surface area contributed by atoms with Crippen LogP contribution in [0.5, 0.6) is 0 Å². The fraction of sp³-hybridized carbons (Fsp3) is 0.800. The molecule has 128 valence electrons. The summed E-state index contributed by atoms with van der Waals surface area (Å²) in [7, 11) is 0.